The lowest BCUT2D eigenvalue weighted by atomic mass is 10.1. The van der Waals surface area contributed by atoms with Gasteiger partial charge in [0, 0.05) is 10.0 Å². The van der Waals surface area contributed by atoms with Crippen molar-refractivity contribution in [2.45, 2.75) is 5.88 Å². The molecule has 0 radical (unpaired) electrons. The molecular formula is C10H6BrCl2NO. The smallest absolute Gasteiger partial charge is 0.181 e. The average molecular weight is 307 g/mol. The zero-order chi connectivity index (χ0) is 10.8. The molecule has 15 heavy (non-hydrogen) atoms. The topological polar surface area (TPSA) is 26.0 Å². The molecule has 0 amide bonds. The molecule has 1 heterocycles. The number of hydrogen-bond acceptors (Lipinski definition) is 2. The lowest BCUT2D eigenvalue weighted by molar-refractivity contribution is 0.571. The second kappa shape index (κ2) is 4.56. The highest BCUT2D eigenvalue weighted by atomic mass is 79.9. The molecule has 1 aromatic heterocycles. The van der Waals surface area contributed by atoms with Crippen LogP contribution in [0.2, 0.25) is 5.02 Å². The van der Waals surface area contributed by atoms with E-state index in [1.807, 2.05) is 12.1 Å². The molecule has 2 rings (SSSR count). The van der Waals surface area contributed by atoms with Crippen LogP contribution in [-0.2, 0) is 5.88 Å². The lowest BCUT2D eigenvalue weighted by Crippen LogP contribution is -1.84. The molecule has 5 heteroatoms. The van der Waals surface area contributed by atoms with Crippen molar-refractivity contribution in [3.8, 4) is 11.3 Å². The van der Waals surface area contributed by atoms with E-state index in [1.54, 1.807) is 6.07 Å². The normalized spacial score (nSPS) is 10.6. The summed E-state index contributed by atoms with van der Waals surface area (Å²) in [5.74, 6) is 0.922. The first kappa shape index (κ1) is 11.0. The predicted molar refractivity (Wildman–Crippen MR) is 64.2 cm³/mol. The maximum Gasteiger partial charge on any atom is 0.181 e. The number of hydrogen-bond donors (Lipinski definition) is 0. The summed E-state index contributed by atoms with van der Waals surface area (Å²) in [4.78, 5) is 4.01. The first-order valence-electron chi connectivity index (χ1n) is 4.16. The maximum atomic E-state index is 6.06. The van der Waals surface area contributed by atoms with E-state index in [9.17, 15) is 0 Å². The van der Waals surface area contributed by atoms with Crippen molar-refractivity contribution >= 4 is 39.1 Å². The monoisotopic (exact) mass is 305 g/mol. The fourth-order valence-electron chi connectivity index (χ4n) is 1.25. The fourth-order valence-corrected chi connectivity index (χ4v) is 2.01. The molecule has 2 nitrogen and oxygen atoms in total. The molecular weight excluding hydrogens is 301 g/mol. The molecule has 0 fully saturated rings. The largest absolute Gasteiger partial charge is 0.443 e. The average Bonchev–Trinajstić information content (AvgIpc) is 2.69. The van der Waals surface area contributed by atoms with Crippen LogP contribution in [0.5, 0.6) is 0 Å². The van der Waals surface area contributed by atoms with Gasteiger partial charge in [0.2, 0.25) is 0 Å². The first-order valence-corrected chi connectivity index (χ1v) is 5.86. The van der Waals surface area contributed by atoms with E-state index in [1.165, 1.54) is 6.39 Å². The molecule has 0 saturated carbocycles. The summed E-state index contributed by atoms with van der Waals surface area (Å²) in [6.45, 7) is 0. The number of benzene rings is 1. The summed E-state index contributed by atoms with van der Waals surface area (Å²) in [7, 11) is 0. The van der Waals surface area contributed by atoms with Gasteiger partial charge in [-0.25, -0.2) is 4.98 Å². The zero-order valence-electron chi connectivity index (χ0n) is 7.51. The molecule has 0 aliphatic rings. The van der Waals surface area contributed by atoms with Crippen LogP contribution >= 0.6 is 39.1 Å². The highest BCUT2D eigenvalue weighted by Gasteiger charge is 2.13. The van der Waals surface area contributed by atoms with Crippen LogP contribution in [0.15, 0.2) is 33.5 Å². The Kier molecular flexibility index (Phi) is 3.34. The van der Waals surface area contributed by atoms with Gasteiger partial charge in [0.25, 0.3) is 0 Å². The standard InChI is InChI=1S/C10H6BrCl2NO/c11-6-1-2-8(13)7(3-6)10-9(4-12)14-5-15-10/h1-3,5H,4H2. The van der Waals surface area contributed by atoms with Crippen LogP contribution in [0.25, 0.3) is 11.3 Å². The Balaban J connectivity index is 2.58. The molecule has 1 aromatic carbocycles. The van der Waals surface area contributed by atoms with E-state index >= 15 is 0 Å². The number of halogens is 3. The van der Waals surface area contributed by atoms with E-state index in [2.05, 4.69) is 20.9 Å². The van der Waals surface area contributed by atoms with Crippen molar-refractivity contribution in [2.24, 2.45) is 0 Å². The third kappa shape index (κ3) is 2.19. The van der Waals surface area contributed by atoms with Gasteiger partial charge in [0.05, 0.1) is 10.9 Å². The summed E-state index contributed by atoms with van der Waals surface area (Å²) in [6, 6.07) is 5.53. The molecule has 0 aliphatic carbocycles. The summed E-state index contributed by atoms with van der Waals surface area (Å²) in [6.07, 6.45) is 1.37. The molecule has 0 aliphatic heterocycles. The van der Waals surface area contributed by atoms with Crippen LogP contribution in [0.3, 0.4) is 0 Å². The SMILES string of the molecule is ClCc1ncoc1-c1cc(Br)ccc1Cl. The molecule has 0 bridgehead atoms. The third-order valence-corrected chi connectivity index (χ3v) is 3.02. The summed E-state index contributed by atoms with van der Waals surface area (Å²) < 4.78 is 6.21. The van der Waals surface area contributed by atoms with Gasteiger partial charge in [-0.2, -0.15) is 0 Å². The minimum absolute atomic E-state index is 0.300. The number of aromatic nitrogens is 1. The number of nitrogens with zero attached hydrogens (tertiary/aromatic N) is 1. The van der Waals surface area contributed by atoms with Crippen molar-refractivity contribution in [1.29, 1.82) is 0 Å². The Morgan fingerprint density at radius 3 is 2.93 bits per heavy atom. The van der Waals surface area contributed by atoms with Crippen LogP contribution < -0.4 is 0 Å². The van der Waals surface area contributed by atoms with Gasteiger partial charge < -0.3 is 4.42 Å². The molecule has 0 N–H and O–H groups in total. The number of alkyl halides is 1. The van der Waals surface area contributed by atoms with Crippen molar-refractivity contribution in [3.05, 3.63) is 39.8 Å². The van der Waals surface area contributed by atoms with E-state index in [0.29, 0.717) is 22.4 Å². The highest BCUT2D eigenvalue weighted by molar-refractivity contribution is 9.10. The van der Waals surface area contributed by atoms with Crippen LogP contribution in [0.1, 0.15) is 5.69 Å². The lowest BCUT2D eigenvalue weighted by Gasteiger charge is -2.02. The van der Waals surface area contributed by atoms with Gasteiger partial charge in [-0.05, 0) is 18.2 Å². The Morgan fingerprint density at radius 2 is 2.20 bits per heavy atom. The molecule has 2 aromatic rings. The minimum Gasteiger partial charge on any atom is -0.443 e. The second-order valence-corrected chi connectivity index (χ2v) is 4.48. The van der Waals surface area contributed by atoms with Gasteiger partial charge in [0.15, 0.2) is 12.2 Å². The summed E-state index contributed by atoms with van der Waals surface area (Å²) in [5, 5.41) is 0.612. The first-order chi connectivity index (χ1) is 7.22. The zero-order valence-corrected chi connectivity index (χ0v) is 10.6. The Morgan fingerprint density at radius 1 is 1.40 bits per heavy atom. The molecule has 0 saturated heterocycles. The number of rotatable bonds is 2. The van der Waals surface area contributed by atoms with Gasteiger partial charge in [-0.1, -0.05) is 27.5 Å². The highest BCUT2D eigenvalue weighted by Crippen LogP contribution is 2.33. The molecule has 78 valence electrons. The van der Waals surface area contributed by atoms with Gasteiger partial charge in [0.1, 0.15) is 5.69 Å². The van der Waals surface area contributed by atoms with E-state index in [-0.39, 0.29) is 0 Å². The maximum absolute atomic E-state index is 6.06. The second-order valence-electron chi connectivity index (χ2n) is 2.89. The Bertz CT molecular complexity index is 484. The Labute approximate surface area is 105 Å². The van der Waals surface area contributed by atoms with Crippen molar-refractivity contribution in [1.82, 2.24) is 4.98 Å². The van der Waals surface area contributed by atoms with Crippen LogP contribution in [0, 0.1) is 0 Å². The van der Waals surface area contributed by atoms with Crippen molar-refractivity contribution in [3.63, 3.8) is 0 Å². The summed E-state index contributed by atoms with van der Waals surface area (Å²) >= 11 is 15.2. The van der Waals surface area contributed by atoms with Crippen molar-refractivity contribution in [2.75, 3.05) is 0 Å². The number of oxazole rings is 1. The predicted octanol–water partition coefficient (Wildman–Crippen LogP) is 4.50. The molecule has 0 spiro atoms. The van der Waals surface area contributed by atoms with Gasteiger partial charge in [-0.15, -0.1) is 11.6 Å². The van der Waals surface area contributed by atoms with E-state index < -0.39 is 0 Å². The third-order valence-electron chi connectivity index (χ3n) is 1.94. The fraction of sp³-hybridized carbons (Fsp3) is 0.100. The minimum atomic E-state index is 0.300. The van der Waals surface area contributed by atoms with Gasteiger partial charge in [-0.3, -0.25) is 0 Å². The van der Waals surface area contributed by atoms with Crippen LogP contribution in [-0.4, -0.2) is 4.98 Å². The van der Waals surface area contributed by atoms with Crippen molar-refractivity contribution < 1.29 is 4.42 Å². The van der Waals surface area contributed by atoms with E-state index in [4.69, 9.17) is 27.6 Å². The van der Waals surface area contributed by atoms with Crippen LogP contribution in [0.4, 0.5) is 0 Å². The molecule has 0 atom stereocenters. The Hall–Kier alpha value is -0.510. The quantitative estimate of drug-likeness (QED) is 0.764. The molecule has 0 unspecified atom stereocenters. The van der Waals surface area contributed by atoms with Gasteiger partial charge >= 0.3 is 0 Å². The summed E-state index contributed by atoms with van der Waals surface area (Å²) in [5.41, 5.74) is 1.48. The van der Waals surface area contributed by atoms with E-state index in [0.717, 1.165) is 10.0 Å².